The predicted octanol–water partition coefficient (Wildman–Crippen LogP) is 3.38. The van der Waals surface area contributed by atoms with Crippen molar-refractivity contribution in [2.45, 2.75) is 31.7 Å². The Kier molecular flexibility index (Phi) is 6.84. The third-order valence-electron chi connectivity index (χ3n) is 4.26. The van der Waals surface area contributed by atoms with Crippen LogP contribution in [0.15, 0.2) is 58.8 Å². The van der Waals surface area contributed by atoms with Crippen molar-refractivity contribution in [3.05, 3.63) is 58.9 Å². The number of thiazole rings is 1. The van der Waals surface area contributed by atoms with Crippen molar-refractivity contribution in [2.24, 2.45) is 0 Å². The Bertz CT molecular complexity index is 1200. The molecule has 0 aliphatic heterocycles. The molecule has 3 aromatic rings. The number of anilines is 2. The summed E-state index contributed by atoms with van der Waals surface area (Å²) in [5.74, 6) is -0.752. The lowest BCUT2D eigenvalue weighted by Gasteiger charge is -2.15. The molecule has 0 aliphatic rings. The van der Waals surface area contributed by atoms with Crippen LogP contribution in [0.3, 0.4) is 0 Å². The number of sulfonamides is 1. The molecule has 0 saturated carbocycles. The minimum Gasteiger partial charge on any atom is -0.326 e. The number of hydrogen-bond donors (Lipinski definition) is 3. The van der Waals surface area contributed by atoms with Crippen LogP contribution in [0.25, 0.3) is 11.3 Å². The highest BCUT2D eigenvalue weighted by atomic mass is 32.2. The van der Waals surface area contributed by atoms with Gasteiger partial charge in [0, 0.05) is 29.2 Å². The van der Waals surface area contributed by atoms with Gasteiger partial charge in [0.2, 0.25) is 21.8 Å². The third-order valence-corrected chi connectivity index (χ3v) is 6.59. The summed E-state index contributed by atoms with van der Waals surface area (Å²) in [6, 6.07) is 11.9. The largest absolute Gasteiger partial charge is 0.326 e. The van der Waals surface area contributed by atoms with E-state index in [1.165, 1.54) is 49.4 Å². The number of nitrogens with one attached hydrogen (secondary N) is 3. The van der Waals surface area contributed by atoms with Crippen LogP contribution in [0.1, 0.15) is 18.9 Å². The molecule has 31 heavy (non-hydrogen) atoms. The summed E-state index contributed by atoms with van der Waals surface area (Å²) in [7, 11) is -3.92. The number of aromatic nitrogens is 1. The Balaban J connectivity index is 1.67. The first-order valence-electron chi connectivity index (χ1n) is 9.37. The van der Waals surface area contributed by atoms with Gasteiger partial charge < -0.3 is 10.6 Å². The van der Waals surface area contributed by atoms with Crippen LogP contribution in [0.4, 0.5) is 11.4 Å². The molecule has 10 heteroatoms. The molecule has 3 N–H and O–H groups in total. The molecule has 0 saturated heterocycles. The molecule has 1 aromatic heterocycles. The summed E-state index contributed by atoms with van der Waals surface area (Å²) < 4.78 is 27.5. The second-order valence-corrected chi connectivity index (χ2v) is 9.65. The highest BCUT2D eigenvalue weighted by Gasteiger charge is 2.22. The van der Waals surface area contributed by atoms with Crippen molar-refractivity contribution < 1.29 is 18.0 Å². The molecule has 2 aromatic carbocycles. The number of aryl methyl sites for hydroxylation is 1. The van der Waals surface area contributed by atoms with E-state index in [2.05, 4.69) is 20.3 Å². The van der Waals surface area contributed by atoms with Crippen molar-refractivity contribution in [3.63, 3.8) is 0 Å². The molecule has 0 radical (unpaired) electrons. The van der Waals surface area contributed by atoms with Gasteiger partial charge in [-0.05, 0) is 50.2 Å². The van der Waals surface area contributed by atoms with Crippen LogP contribution in [-0.4, -0.2) is 31.3 Å². The molecule has 2 amide bonds. The van der Waals surface area contributed by atoms with E-state index < -0.39 is 22.0 Å². The topological polar surface area (TPSA) is 117 Å². The number of carbonyl (C=O) groups is 2. The van der Waals surface area contributed by atoms with E-state index in [4.69, 9.17) is 0 Å². The Morgan fingerprint density at radius 1 is 1.03 bits per heavy atom. The second kappa shape index (κ2) is 9.38. The fourth-order valence-electron chi connectivity index (χ4n) is 2.78. The number of benzene rings is 2. The van der Waals surface area contributed by atoms with Crippen molar-refractivity contribution in [1.82, 2.24) is 9.71 Å². The maximum absolute atomic E-state index is 12.6. The molecule has 162 valence electrons. The van der Waals surface area contributed by atoms with Gasteiger partial charge in [0.1, 0.15) is 0 Å². The molecule has 0 unspecified atom stereocenters. The predicted molar refractivity (Wildman–Crippen MR) is 121 cm³/mol. The zero-order valence-electron chi connectivity index (χ0n) is 17.2. The third kappa shape index (κ3) is 5.97. The highest BCUT2D eigenvalue weighted by Crippen LogP contribution is 2.24. The summed E-state index contributed by atoms with van der Waals surface area (Å²) in [4.78, 5) is 28.0. The van der Waals surface area contributed by atoms with Gasteiger partial charge in [-0.15, -0.1) is 11.3 Å². The molecule has 0 spiro atoms. The van der Waals surface area contributed by atoms with E-state index >= 15 is 0 Å². The molecular weight excluding hydrogens is 436 g/mol. The zero-order valence-corrected chi connectivity index (χ0v) is 18.8. The van der Waals surface area contributed by atoms with E-state index in [0.717, 1.165) is 16.3 Å². The molecule has 0 aliphatic carbocycles. The van der Waals surface area contributed by atoms with Gasteiger partial charge in [-0.1, -0.05) is 12.1 Å². The number of amides is 2. The van der Waals surface area contributed by atoms with Crippen LogP contribution in [-0.2, 0) is 19.6 Å². The minimum absolute atomic E-state index is 0.0119. The van der Waals surface area contributed by atoms with Crippen LogP contribution in [0, 0.1) is 6.92 Å². The summed E-state index contributed by atoms with van der Waals surface area (Å²) in [5.41, 5.74) is 2.69. The van der Waals surface area contributed by atoms with Crippen molar-refractivity contribution in [1.29, 1.82) is 0 Å². The van der Waals surface area contributed by atoms with E-state index in [-0.39, 0.29) is 10.8 Å². The van der Waals surface area contributed by atoms with Crippen molar-refractivity contribution >= 4 is 44.5 Å². The number of hydrogen-bond acceptors (Lipinski definition) is 6. The van der Waals surface area contributed by atoms with Gasteiger partial charge in [0.15, 0.2) is 0 Å². The molecule has 1 atom stereocenters. The molecule has 1 heterocycles. The van der Waals surface area contributed by atoms with E-state index in [1.54, 1.807) is 18.2 Å². The van der Waals surface area contributed by atoms with Gasteiger partial charge in [-0.3, -0.25) is 9.59 Å². The van der Waals surface area contributed by atoms with Crippen LogP contribution in [0.2, 0.25) is 0 Å². The number of carbonyl (C=O) groups excluding carboxylic acids is 2. The second-order valence-electron chi connectivity index (χ2n) is 6.87. The van der Waals surface area contributed by atoms with E-state index in [1.807, 2.05) is 18.4 Å². The summed E-state index contributed by atoms with van der Waals surface area (Å²) in [6.07, 6.45) is 0. The van der Waals surface area contributed by atoms with Gasteiger partial charge in [0.25, 0.3) is 0 Å². The lowest BCUT2D eigenvalue weighted by molar-refractivity contribution is -0.117. The average molecular weight is 459 g/mol. The van der Waals surface area contributed by atoms with E-state index in [9.17, 15) is 18.0 Å². The first-order valence-corrected chi connectivity index (χ1v) is 11.7. The monoisotopic (exact) mass is 458 g/mol. The molecule has 3 rings (SSSR count). The van der Waals surface area contributed by atoms with Crippen molar-refractivity contribution in [2.75, 3.05) is 10.6 Å². The zero-order chi connectivity index (χ0) is 22.6. The fraction of sp³-hybridized carbons (Fsp3) is 0.190. The number of nitrogens with zero attached hydrogens (tertiary/aromatic N) is 1. The van der Waals surface area contributed by atoms with Crippen LogP contribution in [0.5, 0.6) is 0 Å². The van der Waals surface area contributed by atoms with E-state index in [0.29, 0.717) is 11.4 Å². The summed E-state index contributed by atoms with van der Waals surface area (Å²) in [5, 5.41) is 8.17. The Labute approximate surface area is 184 Å². The maximum atomic E-state index is 12.6. The fourth-order valence-corrected chi connectivity index (χ4v) is 4.60. The SMILES string of the molecule is CC(=O)Nc1ccc(S(=O)(=O)N[C@@H](C)C(=O)Nc2cccc(-c3csc(C)n3)c2)cc1. The Morgan fingerprint density at radius 3 is 2.35 bits per heavy atom. The smallest absolute Gasteiger partial charge is 0.242 e. The molecule has 0 fully saturated rings. The first-order chi connectivity index (χ1) is 14.6. The summed E-state index contributed by atoms with van der Waals surface area (Å²) >= 11 is 1.54. The lowest BCUT2D eigenvalue weighted by Crippen LogP contribution is -2.41. The lowest BCUT2D eigenvalue weighted by atomic mass is 10.1. The van der Waals surface area contributed by atoms with Gasteiger partial charge in [-0.2, -0.15) is 4.72 Å². The molecular formula is C21H22N4O4S2. The standard InChI is InChI=1S/C21H22N4O4S2/c1-13(25-31(28,29)19-9-7-17(8-10-19)22-14(2)26)21(27)24-18-6-4-5-16(11-18)20-12-30-15(3)23-20/h4-13,25H,1-3H3,(H,22,26)(H,24,27)/t13-/m0/s1. The van der Waals surface area contributed by atoms with Gasteiger partial charge in [0.05, 0.1) is 21.6 Å². The van der Waals surface area contributed by atoms with Crippen molar-refractivity contribution in [3.8, 4) is 11.3 Å². The molecule has 0 bridgehead atoms. The average Bonchev–Trinajstić information content (AvgIpc) is 3.14. The quantitative estimate of drug-likeness (QED) is 0.502. The highest BCUT2D eigenvalue weighted by molar-refractivity contribution is 7.89. The summed E-state index contributed by atoms with van der Waals surface area (Å²) in [6.45, 7) is 4.74. The van der Waals surface area contributed by atoms with Crippen LogP contribution >= 0.6 is 11.3 Å². The molecule has 8 nitrogen and oxygen atoms in total. The Morgan fingerprint density at radius 2 is 1.74 bits per heavy atom. The normalized spacial score (nSPS) is 12.2. The van der Waals surface area contributed by atoms with Gasteiger partial charge >= 0.3 is 0 Å². The maximum Gasteiger partial charge on any atom is 0.242 e. The first kappa shape index (κ1) is 22.6. The number of rotatable bonds is 7. The van der Waals surface area contributed by atoms with Crippen LogP contribution < -0.4 is 15.4 Å². The minimum atomic E-state index is -3.92. The van der Waals surface area contributed by atoms with Gasteiger partial charge in [-0.25, -0.2) is 13.4 Å². The Hall–Kier alpha value is -3.08.